The number of carbonyl (C=O) groups excluding carboxylic acids is 1. The Morgan fingerprint density at radius 1 is 1.20 bits per heavy atom. The summed E-state index contributed by atoms with van der Waals surface area (Å²) >= 11 is 0. The molecule has 1 aromatic carbocycles. The maximum atomic E-state index is 12.7. The van der Waals surface area contributed by atoms with E-state index in [4.69, 9.17) is 0 Å². The van der Waals surface area contributed by atoms with Crippen molar-refractivity contribution < 1.29 is 23.1 Å². The first-order valence-electron chi connectivity index (χ1n) is 6.75. The van der Waals surface area contributed by atoms with E-state index >= 15 is 0 Å². The highest BCUT2D eigenvalue weighted by molar-refractivity contribution is 6.05. The summed E-state index contributed by atoms with van der Waals surface area (Å²) in [5.41, 5.74) is -0.417. The molecule has 1 saturated carbocycles. The average molecular weight is 284 g/mol. The molecule has 0 heterocycles. The Morgan fingerprint density at radius 2 is 1.85 bits per heavy atom. The molecule has 2 aliphatic carbocycles. The summed E-state index contributed by atoms with van der Waals surface area (Å²) in [6.45, 7) is 0. The number of hydrogen-bond donors (Lipinski definition) is 1. The number of ketones is 1. The molecule has 0 radical (unpaired) electrons. The summed E-state index contributed by atoms with van der Waals surface area (Å²) < 4.78 is 38.2. The number of rotatable bonds is 0. The van der Waals surface area contributed by atoms with Gasteiger partial charge in [-0.1, -0.05) is 6.07 Å². The Labute approximate surface area is 114 Å². The van der Waals surface area contributed by atoms with Crippen LogP contribution in [0.25, 0.3) is 0 Å². The number of benzene rings is 1. The second-order valence-corrected chi connectivity index (χ2v) is 5.89. The smallest absolute Gasteiger partial charge is 0.393 e. The van der Waals surface area contributed by atoms with Gasteiger partial charge in [0.15, 0.2) is 5.78 Å². The lowest BCUT2D eigenvalue weighted by molar-refractivity contribution is -0.137. The third-order valence-corrected chi connectivity index (χ3v) is 4.60. The van der Waals surface area contributed by atoms with Gasteiger partial charge in [-0.3, -0.25) is 4.79 Å². The minimum atomic E-state index is -4.42. The summed E-state index contributed by atoms with van der Waals surface area (Å²) in [5, 5.41) is 9.55. The van der Waals surface area contributed by atoms with E-state index in [-0.39, 0.29) is 17.5 Å². The van der Waals surface area contributed by atoms with Crippen LogP contribution in [0.2, 0.25) is 0 Å². The van der Waals surface area contributed by atoms with Crippen LogP contribution in [0, 0.1) is 5.41 Å². The molecule has 1 aromatic rings. The third kappa shape index (κ3) is 2.04. The standard InChI is InChI=1S/C15H15F3O2/c16-15(17,18)10-2-1-9-8-14(13(20)12(9)7-10)5-3-11(19)4-6-14/h1-2,7,11,19H,3-6,8H2. The predicted molar refractivity (Wildman–Crippen MR) is 66.4 cm³/mol. The van der Waals surface area contributed by atoms with E-state index in [0.29, 0.717) is 37.7 Å². The van der Waals surface area contributed by atoms with E-state index in [1.807, 2.05) is 0 Å². The fourth-order valence-electron chi connectivity index (χ4n) is 3.41. The molecule has 0 aromatic heterocycles. The average Bonchev–Trinajstić information content (AvgIpc) is 2.66. The zero-order valence-electron chi connectivity index (χ0n) is 10.8. The van der Waals surface area contributed by atoms with Crippen molar-refractivity contribution in [2.45, 2.75) is 44.4 Å². The number of Topliss-reactive ketones (excluding diaryl/α,β-unsaturated/α-hetero) is 1. The quantitative estimate of drug-likeness (QED) is 0.793. The van der Waals surface area contributed by atoms with Gasteiger partial charge in [-0.25, -0.2) is 0 Å². The lowest BCUT2D eigenvalue weighted by Gasteiger charge is -2.33. The molecule has 0 amide bonds. The number of fused-ring (bicyclic) bond motifs is 1. The van der Waals surface area contributed by atoms with Crippen LogP contribution in [-0.4, -0.2) is 17.0 Å². The van der Waals surface area contributed by atoms with Crippen LogP contribution in [0.5, 0.6) is 0 Å². The monoisotopic (exact) mass is 284 g/mol. The lowest BCUT2D eigenvalue weighted by Crippen LogP contribution is -2.34. The van der Waals surface area contributed by atoms with Crippen molar-refractivity contribution in [1.29, 1.82) is 0 Å². The minimum absolute atomic E-state index is 0.175. The maximum Gasteiger partial charge on any atom is 0.416 e. The number of halogens is 3. The van der Waals surface area contributed by atoms with Crippen LogP contribution in [0.4, 0.5) is 13.2 Å². The lowest BCUT2D eigenvalue weighted by atomic mass is 9.70. The van der Waals surface area contributed by atoms with Crippen molar-refractivity contribution in [1.82, 2.24) is 0 Å². The van der Waals surface area contributed by atoms with Crippen molar-refractivity contribution in [3.8, 4) is 0 Å². The van der Waals surface area contributed by atoms with E-state index in [9.17, 15) is 23.1 Å². The molecule has 1 fully saturated rings. The number of aliphatic hydroxyl groups excluding tert-OH is 1. The van der Waals surface area contributed by atoms with Gasteiger partial charge in [-0.05, 0) is 49.8 Å². The van der Waals surface area contributed by atoms with Crippen LogP contribution in [0.1, 0.15) is 47.2 Å². The Hall–Kier alpha value is -1.36. The molecule has 108 valence electrons. The van der Waals surface area contributed by atoms with Gasteiger partial charge in [0.05, 0.1) is 11.7 Å². The first-order chi connectivity index (χ1) is 9.32. The molecule has 0 unspecified atom stereocenters. The zero-order chi connectivity index (χ0) is 14.5. The van der Waals surface area contributed by atoms with Gasteiger partial charge in [0.2, 0.25) is 0 Å². The molecule has 2 nitrogen and oxygen atoms in total. The second kappa shape index (κ2) is 4.32. The van der Waals surface area contributed by atoms with Crippen LogP contribution in [0.3, 0.4) is 0 Å². The fraction of sp³-hybridized carbons (Fsp3) is 0.533. The van der Waals surface area contributed by atoms with Gasteiger partial charge in [-0.15, -0.1) is 0 Å². The van der Waals surface area contributed by atoms with Crippen LogP contribution < -0.4 is 0 Å². The Bertz CT molecular complexity index is 555. The molecular weight excluding hydrogens is 269 g/mol. The highest BCUT2D eigenvalue weighted by Gasteiger charge is 2.47. The van der Waals surface area contributed by atoms with Crippen molar-refractivity contribution in [2.24, 2.45) is 5.41 Å². The topological polar surface area (TPSA) is 37.3 Å². The molecule has 0 atom stereocenters. The maximum absolute atomic E-state index is 12.7. The van der Waals surface area contributed by atoms with Gasteiger partial charge in [0.1, 0.15) is 0 Å². The van der Waals surface area contributed by atoms with Crippen molar-refractivity contribution in [2.75, 3.05) is 0 Å². The fourth-order valence-corrected chi connectivity index (χ4v) is 3.41. The molecule has 0 aliphatic heterocycles. The van der Waals surface area contributed by atoms with E-state index in [1.54, 1.807) is 0 Å². The minimum Gasteiger partial charge on any atom is -0.393 e. The molecule has 3 rings (SSSR count). The van der Waals surface area contributed by atoms with E-state index in [2.05, 4.69) is 0 Å². The molecule has 1 N–H and O–H groups in total. The first kappa shape index (κ1) is 13.6. The van der Waals surface area contributed by atoms with Crippen molar-refractivity contribution in [3.05, 3.63) is 34.9 Å². The Morgan fingerprint density at radius 3 is 2.45 bits per heavy atom. The van der Waals surface area contributed by atoms with Crippen LogP contribution >= 0.6 is 0 Å². The normalized spacial score (nSPS) is 29.8. The molecular formula is C15H15F3O2. The van der Waals surface area contributed by atoms with Gasteiger partial charge in [-0.2, -0.15) is 13.2 Å². The largest absolute Gasteiger partial charge is 0.416 e. The highest BCUT2D eigenvalue weighted by Crippen LogP contribution is 2.48. The molecule has 1 spiro atoms. The summed E-state index contributed by atoms with van der Waals surface area (Å²) in [4.78, 5) is 12.5. The number of hydrogen-bond acceptors (Lipinski definition) is 2. The van der Waals surface area contributed by atoms with Crippen LogP contribution in [0.15, 0.2) is 18.2 Å². The van der Waals surface area contributed by atoms with Gasteiger partial charge in [0.25, 0.3) is 0 Å². The molecule has 20 heavy (non-hydrogen) atoms. The summed E-state index contributed by atoms with van der Waals surface area (Å²) in [7, 11) is 0. The zero-order valence-corrected chi connectivity index (χ0v) is 10.8. The molecule has 5 heteroatoms. The summed E-state index contributed by atoms with van der Waals surface area (Å²) in [5.74, 6) is -0.175. The number of alkyl halides is 3. The number of aliphatic hydroxyl groups is 1. The third-order valence-electron chi connectivity index (χ3n) is 4.60. The highest BCUT2D eigenvalue weighted by atomic mass is 19.4. The van der Waals surface area contributed by atoms with Gasteiger partial charge >= 0.3 is 6.18 Å². The summed E-state index contributed by atoms with van der Waals surface area (Å²) in [6.07, 6.45) is -2.09. The molecule has 0 saturated heterocycles. The van der Waals surface area contributed by atoms with Gasteiger partial charge < -0.3 is 5.11 Å². The van der Waals surface area contributed by atoms with Crippen LogP contribution in [-0.2, 0) is 12.6 Å². The SMILES string of the molecule is O=C1c2cc(C(F)(F)F)ccc2CC12CCC(O)CC2. The predicted octanol–water partition coefficient (Wildman–Crippen LogP) is 3.37. The van der Waals surface area contributed by atoms with E-state index < -0.39 is 17.2 Å². The van der Waals surface area contributed by atoms with Gasteiger partial charge in [0, 0.05) is 11.0 Å². The Kier molecular flexibility index (Phi) is 2.94. The molecule has 0 bridgehead atoms. The molecule has 2 aliphatic rings. The van der Waals surface area contributed by atoms with Crippen molar-refractivity contribution >= 4 is 5.78 Å². The number of carbonyl (C=O) groups is 1. The van der Waals surface area contributed by atoms with E-state index in [0.717, 1.165) is 12.1 Å². The van der Waals surface area contributed by atoms with E-state index in [1.165, 1.54) is 6.07 Å². The Balaban J connectivity index is 1.95. The summed E-state index contributed by atoms with van der Waals surface area (Å²) in [6, 6.07) is 3.45. The van der Waals surface area contributed by atoms with Crippen molar-refractivity contribution in [3.63, 3.8) is 0 Å². The first-order valence-corrected chi connectivity index (χ1v) is 6.75. The second-order valence-electron chi connectivity index (χ2n) is 5.89.